The van der Waals surface area contributed by atoms with Crippen LogP contribution in [0.15, 0.2) is 55.0 Å². The molecule has 0 aliphatic carbocycles. The van der Waals surface area contributed by atoms with Crippen LogP contribution in [0.2, 0.25) is 0 Å². The third-order valence-electron chi connectivity index (χ3n) is 5.48. The molecule has 0 radical (unpaired) electrons. The van der Waals surface area contributed by atoms with Gasteiger partial charge in [0.15, 0.2) is 0 Å². The fourth-order valence-corrected chi connectivity index (χ4v) is 3.37. The van der Waals surface area contributed by atoms with E-state index in [1.807, 2.05) is 6.07 Å². The molecule has 36 heavy (non-hydrogen) atoms. The van der Waals surface area contributed by atoms with Gasteiger partial charge in [0.2, 0.25) is 0 Å². The standard InChI is InChI=1S/C25H24FN7O3/c1-25(2,35)22(26)14-30-24(34)18-13-28-20(9-19(18)32-23-7-5-17(36-3)12-29-23)21-6-4-16-8-15(10-27)11-31-33(16)21/h4-9,11-13,22,35H,14H2,1-3H3,(H,30,34)(H,28,29,32). The Labute approximate surface area is 206 Å². The number of aromatic nitrogens is 4. The summed E-state index contributed by atoms with van der Waals surface area (Å²) < 4.78 is 21.0. The van der Waals surface area contributed by atoms with Crippen molar-refractivity contribution in [1.82, 2.24) is 24.9 Å². The number of nitrogens with zero attached hydrogens (tertiary/aromatic N) is 5. The molecule has 3 N–H and O–H groups in total. The number of carbonyl (C=O) groups is 1. The van der Waals surface area contributed by atoms with Gasteiger partial charge in [-0.2, -0.15) is 10.4 Å². The van der Waals surface area contributed by atoms with Crippen molar-refractivity contribution in [3.05, 3.63) is 66.1 Å². The molecule has 0 spiro atoms. The molecule has 184 valence electrons. The third kappa shape index (κ3) is 5.24. The molecule has 0 saturated carbocycles. The van der Waals surface area contributed by atoms with Crippen LogP contribution in [0.1, 0.15) is 29.8 Å². The first kappa shape index (κ1) is 24.6. The van der Waals surface area contributed by atoms with Crippen molar-refractivity contribution < 1.29 is 19.0 Å². The van der Waals surface area contributed by atoms with Gasteiger partial charge in [-0.15, -0.1) is 0 Å². The van der Waals surface area contributed by atoms with Crippen molar-refractivity contribution in [2.45, 2.75) is 25.6 Å². The van der Waals surface area contributed by atoms with Crippen molar-refractivity contribution in [3.63, 3.8) is 0 Å². The van der Waals surface area contributed by atoms with Gasteiger partial charge in [-0.3, -0.25) is 9.78 Å². The molecule has 4 aromatic rings. The van der Waals surface area contributed by atoms with Crippen LogP contribution in [0.5, 0.6) is 5.75 Å². The Morgan fingerprint density at radius 2 is 2.03 bits per heavy atom. The third-order valence-corrected chi connectivity index (χ3v) is 5.48. The van der Waals surface area contributed by atoms with E-state index in [2.05, 4.69) is 31.8 Å². The molecule has 11 heteroatoms. The normalized spacial score (nSPS) is 12.1. The number of methoxy groups -OCH3 is 1. The summed E-state index contributed by atoms with van der Waals surface area (Å²) in [5.41, 5.74) is 1.20. The largest absolute Gasteiger partial charge is 0.495 e. The highest BCUT2D eigenvalue weighted by atomic mass is 19.1. The molecule has 0 bridgehead atoms. The first-order valence-electron chi connectivity index (χ1n) is 11.0. The van der Waals surface area contributed by atoms with Gasteiger partial charge in [-0.05, 0) is 50.2 Å². The van der Waals surface area contributed by atoms with Crippen LogP contribution >= 0.6 is 0 Å². The number of carbonyl (C=O) groups excluding carboxylic acids is 1. The van der Waals surface area contributed by atoms with Crippen LogP contribution < -0.4 is 15.4 Å². The number of hydrogen-bond acceptors (Lipinski definition) is 8. The minimum Gasteiger partial charge on any atom is -0.495 e. The summed E-state index contributed by atoms with van der Waals surface area (Å²) in [5.74, 6) is 0.435. The van der Waals surface area contributed by atoms with E-state index in [-0.39, 0.29) is 12.1 Å². The monoisotopic (exact) mass is 489 g/mol. The second kappa shape index (κ2) is 9.97. The maximum atomic E-state index is 14.2. The molecule has 1 unspecified atom stereocenters. The maximum absolute atomic E-state index is 14.2. The van der Waals surface area contributed by atoms with Gasteiger partial charge >= 0.3 is 0 Å². The van der Waals surface area contributed by atoms with E-state index in [0.29, 0.717) is 39.7 Å². The van der Waals surface area contributed by atoms with Crippen molar-refractivity contribution in [1.29, 1.82) is 5.26 Å². The van der Waals surface area contributed by atoms with Crippen molar-refractivity contribution in [2.75, 3.05) is 19.0 Å². The number of ether oxygens (including phenoxy) is 1. The van der Waals surface area contributed by atoms with Gasteiger partial charge in [0, 0.05) is 6.20 Å². The lowest BCUT2D eigenvalue weighted by atomic mass is 10.0. The Morgan fingerprint density at radius 3 is 2.69 bits per heavy atom. The Morgan fingerprint density at radius 1 is 1.22 bits per heavy atom. The van der Waals surface area contributed by atoms with Gasteiger partial charge in [0.1, 0.15) is 23.8 Å². The number of alkyl halides is 1. The zero-order valence-corrected chi connectivity index (χ0v) is 19.9. The van der Waals surface area contributed by atoms with E-state index < -0.39 is 17.7 Å². The smallest absolute Gasteiger partial charge is 0.255 e. The summed E-state index contributed by atoms with van der Waals surface area (Å²) in [6, 6.07) is 12.4. The van der Waals surface area contributed by atoms with Gasteiger partial charge in [-0.25, -0.2) is 13.9 Å². The number of amides is 1. The summed E-state index contributed by atoms with van der Waals surface area (Å²) in [7, 11) is 1.53. The van der Waals surface area contributed by atoms with Gasteiger partial charge in [0.05, 0.1) is 65.4 Å². The number of nitrogens with one attached hydrogen (secondary N) is 2. The first-order valence-corrected chi connectivity index (χ1v) is 11.0. The predicted octanol–water partition coefficient (Wildman–Crippen LogP) is 3.25. The molecule has 0 aliphatic heterocycles. The second-order valence-electron chi connectivity index (χ2n) is 8.57. The maximum Gasteiger partial charge on any atom is 0.255 e. The fraction of sp³-hybridized carbons (Fsp3) is 0.240. The van der Waals surface area contributed by atoms with E-state index in [0.717, 1.165) is 0 Å². The fourth-order valence-electron chi connectivity index (χ4n) is 3.37. The number of pyridine rings is 2. The average molecular weight is 490 g/mol. The van der Waals surface area contributed by atoms with Gasteiger partial charge in [-0.1, -0.05) is 0 Å². The first-order chi connectivity index (χ1) is 17.2. The lowest BCUT2D eigenvalue weighted by Gasteiger charge is -2.22. The lowest BCUT2D eigenvalue weighted by Crippen LogP contribution is -2.42. The Balaban J connectivity index is 1.70. The van der Waals surface area contributed by atoms with Crippen LogP contribution in [-0.2, 0) is 0 Å². The van der Waals surface area contributed by atoms with Crippen LogP contribution in [0.25, 0.3) is 16.9 Å². The molecule has 4 aromatic heterocycles. The Hall–Kier alpha value is -4.56. The second-order valence-corrected chi connectivity index (χ2v) is 8.57. The van der Waals surface area contributed by atoms with E-state index in [1.54, 1.807) is 34.8 Å². The van der Waals surface area contributed by atoms with E-state index in [4.69, 9.17) is 10.00 Å². The summed E-state index contributed by atoms with van der Waals surface area (Å²) >= 11 is 0. The van der Waals surface area contributed by atoms with Crippen molar-refractivity contribution >= 4 is 22.9 Å². The molecule has 1 atom stereocenters. The van der Waals surface area contributed by atoms with Crippen LogP contribution in [0.4, 0.5) is 15.9 Å². The van der Waals surface area contributed by atoms with E-state index in [1.165, 1.54) is 39.5 Å². The number of anilines is 2. The predicted molar refractivity (Wildman–Crippen MR) is 131 cm³/mol. The Kier molecular flexibility index (Phi) is 6.80. The van der Waals surface area contributed by atoms with E-state index in [9.17, 15) is 14.3 Å². The average Bonchev–Trinajstić information content (AvgIpc) is 3.30. The number of halogens is 1. The number of hydrogen-bond donors (Lipinski definition) is 3. The molecule has 4 heterocycles. The van der Waals surface area contributed by atoms with Gasteiger partial charge in [0.25, 0.3) is 5.91 Å². The minimum atomic E-state index is -1.66. The van der Waals surface area contributed by atoms with Crippen molar-refractivity contribution in [3.8, 4) is 23.2 Å². The van der Waals surface area contributed by atoms with Crippen LogP contribution in [0.3, 0.4) is 0 Å². The zero-order valence-electron chi connectivity index (χ0n) is 19.9. The number of aliphatic hydroxyl groups is 1. The van der Waals surface area contributed by atoms with Crippen molar-refractivity contribution in [2.24, 2.45) is 0 Å². The van der Waals surface area contributed by atoms with E-state index >= 15 is 0 Å². The number of rotatable bonds is 8. The highest BCUT2D eigenvalue weighted by molar-refractivity contribution is 6.00. The molecular weight excluding hydrogens is 465 g/mol. The number of nitriles is 1. The van der Waals surface area contributed by atoms with Gasteiger partial charge < -0.3 is 20.5 Å². The molecule has 0 aromatic carbocycles. The topological polar surface area (TPSA) is 137 Å². The summed E-state index contributed by atoms with van der Waals surface area (Å²) in [4.78, 5) is 21.7. The molecule has 4 rings (SSSR count). The van der Waals surface area contributed by atoms with Crippen LogP contribution in [-0.4, -0.2) is 56.0 Å². The summed E-state index contributed by atoms with van der Waals surface area (Å²) in [6.07, 6.45) is 2.69. The Bertz CT molecular complexity index is 1440. The molecule has 10 nitrogen and oxygen atoms in total. The molecule has 0 saturated heterocycles. The zero-order chi connectivity index (χ0) is 25.9. The SMILES string of the molecule is COc1ccc(Nc2cc(-c3ccc4cc(C#N)cnn34)ncc2C(=O)NCC(F)C(C)(C)O)nc1. The molecule has 1 amide bonds. The summed E-state index contributed by atoms with van der Waals surface area (Å²) in [5, 5.41) is 28.9. The molecule has 0 aliphatic rings. The number of fused-ring (bicyclic) bond motifs is 1. The minimum absolute atomic E-state index is 0.153. The highest BCUT2D eigenvalue weighted by Gasteiger charge is 2.27. The quantitative estimate of drug-likeness (QED) is 0.343. The lowest BCUT2D eigenvalue weighted by molar-refractivity contribution is -0.00177. The highest BCUT2D eigenvalue weighted by Crippen LogP contribution is 2.27. The summed E-state index contributed by atoms with van der Waals surface area (Å²) in [6.45, 7) is 2.29. The molecular formula is C25H24FN7O3. The molecule has 0 fully saturated rings. The van der Waals surface area contributed by atoms with Crippen LogP contribution in [0, 0.1) is 11.3 Å².